The number of nitrogens with zero attached hydrogens (tertiary/aromatic N) is 2. The van der Waals surface area contributed by atoms with Crippen LogP contribution >= 0.6 is 15.9 Å². The third-order valence-electron chi connectivity index (χ3n) is 2.45. The summed E-state index contributed by atoms with van der Waals surface area (Å²) in [6, 6.07) is 9.18. The standard InChI is InChI=1S/C12H11BrN2O2/c1-2-8-7-10(12(16)17)14-15(8)11-6-4-3-5-9(11)13/h3-7H,2H2,1H3,(H,16,17). The van der Waals surface area contributed by atoms with E-state index in [2.05, 4.69) is 21.0 Å². The maximum atomic E-state index is 10.9. The molecular weight excluding hydrogens is 284 g/mol. The van der Waals surface area contributed by atoms with Crippen molar-refractivity contribution in [3.05, 3.63) is 46.2 Å². The molecule has 88 valence electrons. The van der Waals surface area contributed by atoms with Crippen molar-refractivity contribution in [1.29, 1.82) is 0 Å². The Hall–Kier alpha value is -1.62. The zero-order valence-electron chi connectivity index (χ0n) is 9.22. The summed E-state index contributed by atoms with van der Waals surface area (Å²) in [5.41, 5.74) is 1.78. The number of aryl methyl sites for hydroxylation is 1. The van der Waals surface area contributed by atoms with Crippen LogP contribution in [0.4, 0.5) is 0 Å². The maximum absolute atomic E-state index is 10.9. The summed E-state index contributed by atoms with van der Waals surface area (Å²) < 4.78 is 2.54. The van der Waals surface area contributed by atoms with Gasteiger partial charge in [-0.3, -0.25) is 0 Å². The van der Waals surface area contributed by atoms with Gasteiger partial charge in [-0.2, -0.15) is 5.10 Å². The molecule has 0 aliphatic carbocycles. The van der Waals surface area contributed by atoms with E-state index < -0.39 is 5.97 Å². The quantitative estimate of drug-likeness (QED) is 0.947. The molecule has 0 amide bonds. The molecule has 1 aromatic carbocycles. The van der Waals surface area contributed by atoms with Crippen LogP contribution in [-0.4, -0.2) is 20.9 Å². The van der Waals surface area contributed by atoms with Crippen molar-refractivity contribution in [3.8, 4) is 5.69 Å². The second kappa shape index (κ2) is 4.71. The number of carboxylic acid groups (broad SMARTS) is 1. The highest BCUT2D eigenvalue weighted by Crippen LogP contribution is 2.22. The molecule has 0 aliphatic heterocycles. The lowest BCUT2D eigenvalue weighted by Crippen LogP contribution is -2.03. The molecule has 17 heavy (non-hydrogen) atoms. The van der Waals surface area contributed by atoms with E-state index in [9.17, 15) is 4.79 Å². The lowest BCUT2D eigenvalue weighted by molar-refractivity contribution is 0.0690. The molecule has 0 unspecified atom stereocenters. The van der Waals surface area contributed by atoms with Gasteiger partial charge >= 0.3 is 5.97 Å². The smallest absolute Gasteiger partial charge is 0.356 e. The van der Waals surface area contributed by atoms with Crippen molar-refractivity contribution in [2.24, 2.45) is 0 Å². The Bertz CT molecular complexity index is 563. The average molecular weight is 295 g/mol. The van der Waals surface area contributed by atoms with Crippen molar-refractivity contribution in [2.75, 3.05) is 0 Å². The number of para-hydroxylation sites is 1. The topological polar surface area (TPSA) is 55.1 Å². The first-order valence-corrected chi connectivity index (χ1v) is 6.00. The van der Waals surface area contributed by atoms with Gasteiger partial charge in [0.1, 0.15) is 0 Å². The second-order valence-corrected chi connectivity index (χ2v) is 4.40. The summed E-state index contributed by atoms with van der Waals surface area (Å²) in [6.45, 7) is 1.97. The van der Waals surface area contributed by atoms with Gasteiger partial charge in [-0.1, -0.05) is 19.1 Å². The van der Waals surface area contributed by atoms with Gasteiger partial charge in [0, 0.05) is 10.2 Å². The van der Waals surface area contributed by atoms with Gasteiger partial charge in [-0.05, 0) is 40.5 Å². The Kier molecular flexibility index (Phi) is 3.28. The van der Waals surface area contributed by atoms with Crippen molar-refractivity contribution >= 4 is 21.9 Å². The molecule has 0 bridgehead atoms. The summed E-state index contributed by atoms with van der Waals surface area (Å²) in [5.74, 6) is -1.01. The van der Waals surface area contributed by atoms with Crippen LogP contribution < -0.4 is 0 Å². The van der Waals surface area contributed by atoms with E-state index in [-0.39, 0.29) is 5.69 Å². The molecule has 2 rings (SSSR count). The van der Waals surface area contributed by atoms with Crippen molar-refractivity contribution in [1.82, 2.24) is 9.78 Å². The van der Waals surface area contributed by atoms with Gasteiger partial charge in [0.2, 0.25) is 0 Å². The third kappa shape index (κ3) is 2.24. The Balaban J connectivity index is 2.59. The fourth-order valence-electron chi connectivity index (χ4n) is 1.61. The van der Waals surface area contributed by atoms with Gasteiger partial charge in [0.05, 0.1) is 5.69 Å². The molecule has 0 atom stereocenters. The van der Waals surface area contributed by atoms with Crippen LogP contribution in [0, 0.1) is 0 Å². The van der Waals surface area contributed by atoms with Gasteiger partial charge in [0.15, 0.2) is 5.69 Å². The average Bonchev–Trinajstić information content (AvgIpc) is 2.73. The van der Waals surface area contributed by atoms with Gasteiger partial charge in [-0.25, -0.2) is 9.48 Å². The molecule has 0 aliphatic rings. The molecule has 0 saturated heterocycles. The molecule has 0 spiro atoms. The number of rotatable bonds is 3. The first kappa shape index (κ1) is 11.9. The number of aromatic carboxylic acids is 1. The zero-order chi connectivity index (χ0) is 12.4. The molecule has 0 saturated carbocycles. The van der Waals surface area contributed by atoms with E-state index in [1.165, 1.54) is 0 Å². The van der Waals surface area contributed by atoms with Crippen LogP contribution in [0.15, 0.2) is 34.8 Å². The lowest BCUT2D eigenvalue weighted by Gasteiger charge is -2.07. The molecule has 4 nitrogen and oxygen atoms in total. The number of aromatic nitrogens is 2. The van der Waals surface area contributed by atoms with E-state index in [0.29, 0.717) is 0 Å². The number of benzene rings is 1. The first-order chi connectivity index (χ1) is 8.13. The number of halogens is 1. The van der Waals surface area contributed by atoms with E-state index in [0.717, 1.165) is 22.3 Å². The number of hydrogen-bond donors (Lipinski definition) is 1. The molecule has 1 N–H and O–H groups in total. The van der Waals surface area contributed by atoms with Crippen LogP contribution in [0.2, 0.25) is 0 Å². The fourth-order valence-corrected chi connectivity index (χ4v) is 2.06. The minimum atomic E-state index is -1.01. The third-order valence-corrected chi connectivity index (χ3v) is 3.12. The highest BCUT2D eigenvalue weighted by atomic mass is 79.9. The first-order valence-electron chi connectivity index (χ1n) is 5.20. The van der Waals surface area contributed by atoms with Crippen LogP contribution in [0.5, 0.6) is 0 Å². The van der Waals surface area contributed by atoms with E-state index >= 15 is 0 Å². The van der Waals surface area contributed by atoms with Gasteiger partial charge < -0.3 is 5.11 Å². The zero-order valence-corrected chi connectivity index (χ0v) is 10.8. The summed E-state index contributed by atoms with van der Waals surface area (Å²) >= 11 is 3.43. The summed E-state index contributed by atoms with van der Waals surface area (Å²) in [5, 5.41) is 13.0. The second-order valence-electron chi connectivity index (χ2n) is 3.54. The number of carbonyl (C=O) groups is 1. The molecule has 5 heteroatoms. The van der Waals surface area contributed by atoms with Crippen LogP contribution in [0.25, 0.3) is 5.69 Å². The summed E-state index contributed by atoms with van der Waals surface area (Å²) in [4.78, 5) is 10.9. The Morgan fingerprint density at radius 2 is 2.18 bits per heavy atom. The highest BCUT2D eigenvalue weighted by Gasteiger charge is 2.14. The molecule has 2 aromatic rings. The summed E-state index contributed by atoms with van der Waals surface area (Å²) in [6.07, 6.45) is 0.724. The Morgan fingerprint density at radius 1 is 1.47 bits per heavy atom. The van der Waals surface area contributed by atoms with Crippen molar-refractivity contribution in [3.63, 3.8) is 0 Å². The van der Waals surface area contributed by atoms with Crippen molar-refractivity contribution < 1.29 is 9.90 Å². The van der Waals surface area contributed by atoms with E-state index in [4.69, 9.17) is 5.11 Å². The summed E-state index contributed by atoms with van der Waals surface area (Å²) in [7, 11) is 0. The Labute approximate surface area is 107 Å². The minimum absolute atomic E-state index is 0.0672. The van der Waals surface area contributed by atoms with Crippen LogP contribution in [-0.2, 0) is 6.42 Å². The molecule has 0 fully saturated rings. The van der Waals surface area contributed by atoms with Crippen LogP contribution in [0.3, 0.4) is 0 Å². The van der Waals surface area contributed by atoms with Gasteiger partial charge in [0.25, 0.3) is 0 Å². The SMILES string of the molecule is CCc1cc(C(=O)O)nn1-c1ccccc1Br. The maximum Gasteiger partial charge on any atom is 0.356 e. The largest absolute Gasteiger partial charge is 0.476 e. The van der Waals surface area contributed by atoms with E-state index in [1.807, 2.05) is 31.2 Å². The monoisotopic (exact) mass is 294 g/mol. The van der Waals surface area contributed by atoms with Crippen molar-refractivity contribution in [2.45, 2.75) is 13.3 Å². The lowest BCUT2D eigenvalue weighted by atomic mass is 10.2. The normalized spacial score (nSPS) is 10.5. The Morgan fingerprint density at radius 3 is 2.76 bits per heavy atom. The van der Waals surface area contributed by atoms with Crippen LogP contribution in [0.1, 0.15) is 23.1 Å². The fraction of sp³-hybridized carbons (Fsp3) is 0.167. The number of hydrogen-bond acceptors (Lipinski definition) is 2. The number of carboxylic acids is 1. The molecule has 1 heterocycles. The van der Waals surface area contributed by atoms with Gasteiger partial charge in [-0.15, -0.1) is 0 Å². The highest BCUT2D eigenvalue weighted by molar-refractivity contribution is 9.10. The predicted octanol–water partition coefficient (Wildman–Crippen LogP) is 2.90. The minimum Gasteiger partial charge on any atom is -0.476 e. The van der Waals surface area contributed by atoms with E-state index in [1.54, 1.807) is 10.7 Å². The predicted molar refractivity (Wildman–Crippen MR) is 67.6 cm³/mol. The molecular formula is C12H11BrN2O2. The molecule has 1 aromatic heterocycles. The molecule has 0 radical (unpaired) electrons.